The summed E-state index contributed by atoms with van der Waals surface area (Å²) in [5.74, 6) is 1.22. The summed E-state index contributed by atoms with van der Waals surface area (Å²) in [5, 5.41) is 12.3. The summed E-state index contributed by atoms with van der Waals surface area (Å²) in [6.07, 6.45) is 0. The largest absolute Gasteiger partial charge is 0.492 e. The van der Waals surface area contributed by atoms with Gasteiger partial charge in [-0.2, -0.15) is 0 Å². The number of hydrogen-bond acceptors (Lipinski definition) is 7. The maximum absolute atomic E-state index is 12.6. The Balaban J connectivity index is 1.64. The minimum absolute atomic E-state index is 0.108. The minimum Gasteiger partial charge on any atom is -0.492 e. The molecule has 5 nitrogen and oxygen atoms in total. The Kier molecular flexibility index (Phi) is 6.70. The average molecular weight is 414 g/mol. The van der Waals surface area contributed by atoms with Gasteiger partial charge < -0.3 is 10.1 Å². The maximum Gasteiger partial charge on any atom is 0.210 e. The number of aryl methyl sites for hydroxylation is 3. The van der Waals surface area contributed by atoms with Crippen LogP contribution in [-0.2, 0) is 0 Å². The topological polar surface area (TPSA) is 64.1 Å². The zero-order valence-corrected chi connectivity index (χ0v) is 18.0. The molecular weight excluding hydrogens is 390 g/mol. The van der Waals surface area contributed by atoms with E-state index in [1.807, 2.05) is 51.1 Å². The number of carbonyl (C=O) groups excluding carboxylic acids is 1. The lowest BCUT2D eigenvalue weighted by molar-refractivity contribution is 0.102. The van der Waals surface area contributed by atoms with Gasteiger partial charge in [0.15, 0.2) is 10.1 Å². The van der Waals surface area contributed by atoms with E-state index in [4.69, 9.17) is 4.74 Å². The lowest BCUT2D eigenvalue weighted by Crippen LogP contribution is -2.06. The number of para-hydroxylation sites is 2. The number of rotatable bonds is 8. The van der Waals surface area contributed by atoms with Gasteiger partial charge in [0.2, 0.25) is 5.13 Å². The number of hydrogen-bond donors (Lipinski definition) is 1. The third-order valence-electron chi connectivity index (χ3n) is 4.30. The second-order valence-corrected chi connectivity index (χ2v) is 8.59. The fourth-order valence-electron chi connectivity index (χ4n) is 2.75. The van der Waals surface area contributed by atoms with Gasteiger partial charge in [-0.1, -0.05) is 41.3 Å². The monoisotopic (exact) mass is 413 g/mol. The molecule has 0 atom stereocenters. The van der Waals surface area contributed by atoms with Crippen molar-refractivity contribution in [1.82, 2.24) is 10.2 Å². The van der Waals surface area contributed by atoms with Crippen LogP contribution in [0.5, 0.6) is 5.75 Å². The molecule has 0 radical (unpaired) electrons. The first kappa shape index (κ1) is 20.4. The van der Waals surface area contributed by atoms with Crippen molar-refractivity contribution in [3.05, 3.63) is 58.7 Å². The molecule has 1 aromatic heterocycles. The van der Waals surface area contributed by atoms with E-state index >= 15 is 0 Å². The van der Waals surface area contributed by atoms with E-state index in [1.165, 1.54) is 28.7 Å². The van der Waals surface area contributed by atoms with Gasteiger partial charge in [-0.05, 0) is 62.6 Å². The van der Waals surface area contributed by atoms with Gasteiger partial charge >= 0.3 is 0 Å². The van der Waals surface area contributed by atoms with Crippen molar-refractivity contribution in [2.24, 2.45) is 0 Å². The number of thioether (sulfide) groups is 1. The van der Waals surface area contributed by atoms with Gasteiger partial charge in [-0.25, -0.2) is 0 Å². The molecule has 0 saturated carbocycles. The van der Waals surface area contributed by atoms with Crippen molar-refractivity contribution >= 4 is 39.7 Å². The Bertz CT molecular complexity index is 986. The standard InChI is InChI=1S/C21H23N3O2S2/c1-5-26-19-9-7-6-8-17(19)22-20-23-24-21(28-20)27-12-18(25)16-11-14(3)13(2)10-15(16)4/h6-11H,5,12H2,1-4H3,(H,22,23). The number of carbonyl (C=O) groups is 1. The first-order valence-electron chi connectivity index (χ1n) is 9.04. The fraction of sp³-hybridized carbons (Fsp3) is 0.286. The van der Waals surface area contributed by atoms with Gasteiger partial charge in [0.25, 0.3) is 0 Å². The van der Waals surface area contributed by atoms with Crippen LogP contribution < -0.4 is 10.1 Å². The molecule has 28 heavy (non-hydrogen) atoms. The maximum atomic E-state index is 12.6. The van der Waals surface area contributed by atoms with Crippen molar-refractivity contribution < 1.29 is 9.53 Å². The third-order valence-corrected chi connectivity index (χ3v) is 6.27. The molecule has 146 valence electrons. The molecule has 3 rings (SSSR count). The van der Waals surface area contributed by atoms with Gasteiger partial charge in [-0.15, -0.1) is 10.2 Å². The van der Waals surface area contributed by atoms with Crippen LogP contribution in [0.25, 0.3) is 0 Å². The van der Waals surface area contributed by atoms with Gasteiger partial charge in [0.1, 0.15) is 5.75 Å². The van der Waals surface area contributed by atoms with Crippen molar-refractivity contribution in [2.75, 3.05) is 17.7 Å². The summed E-state index contributed by atoms with van der Waals surface area (Å²) in [6.45, 7) is 8.61. The second kappa shape index (κ2) is 9.21. The van der Waals surface area contributed by atoms with Crippen molar-refractivity contribution in [3.63, 3.8) is 0 Å². The van der Waals surface area contributed by atoms with E-state index in [2.05, 4.69) is 28.5 Å². The van der Waals surface area contributed by atoms with E-state index in [0.717, 1.165) is 32.5 Å². The van der Waals surface area contributed by atoms with Gasteiger partial charge in [0.05, 0.1) is 18.0 Å². The number of aromatic nitrogens is 2. The number of anilines is 2. The van der Waals surface area contributed by atoms with Crippen molar-refractivity contribution in [3.8, 4) is 5.75 Å². The normalized spacial score (nSPS) is 10.7. The van der Waals surface area contributed by atoms with Crippen LogP contribution in [0, 0.1) is 20.8 Å². The summed E-state index contributed by atoms with van der Waals surface area (Å²) in [6, 6.07) is 11.8. The van der Waals surface area contributed by atoms with Crippen molar-refractivity contribution in [2.45, 2.75) is 32.0 Å². The molecule has 7 heteroatoms. The molecule has 0 aliphatic carbocycles. The molecular formula is C21H23N3O2S2. The van der Waals surface area contributed by atoms with E-state index < -0.39 is 0 Å². The van der Waals surface area contributed by atoms with Gasteiger partial charge in [0, 0.05) is 5.56 Å². The van der Waals surface area contributed by atoms with E-state index in [0.29, 0.717) is 17.5 Å². The van der Waals surface area contributed by atoms with Crippen LogP contribution in [0.4, 0.5) is 10.8 Å². The Morgan fingerprint density at radius 3 is 2.64 bits per heavy atom. The fourth-order valence-corrected chi connectivity index (χ4v) is 4.40. The number of benzene rings is 2. The highest BCUT2D eigenvalue weighted by Gasteiger charge is 2.14. The molecule has 0 aliphatic rings. The highest BCUT2D eigenvalue weighted by molar-refractivity contribution is 8.01. The molecule has 0 amide bonds. The van der Waals surface area contributed by atoms with Crippen LogP contribution >= 0.6 is 23.1 Å². The smallest absolute Gasteiger partial charge is 0.210 e. The van der Waals surface area contributed by atoms with Gasteiger partial charge in [-0.3, -0.25) is 4.79 Å². The first-order chi connectivity index (χ1) is 13.5. The molecule has 3 aromatic rings. The molecule has 0 unspecified atom stereocenters. The van der Waals surface area contributed by atoms with Crippen LogP contribution in [-0.4, -0.2) is 28.3 Å². The summed E-state index contributed by atoms with van der Waals surface area (Å²) in [7, 11) is 0. The molecule has 1 heterocycles. The molecule has 0 aliphatic heterocycles. The zero-order chi connectivity index (χ0) is 20.1. The summed E-state index contributed by atoms with van der Waals surface area (Å²) < 4.78 is 6.37. The Morgan fingerprint density at radius 1 is 1.11 bits per heavy atom. The summed E-state index contributed by atoms with van der Waals surface area (Å²) in [4.78, 5) is 12.6. The van der Waals surface area contributed by atoms with E-state index in [-0.39, 0.29) is 5.78 Å². The lowest BCUT2D eigenvalue weighted by atomic mass is 9.99. The highest BCUT2D eigenvalue weighted by Crippen LogP contribution is 2.32. The summed E-state index contributed by atoms with van der Waals surface area (Å²) in [5.41, 5.74) is 4.98. The number of ketones is 1. The first-order valence-corrected chi connectivity index (χ1v) is 10.8. The van der Waals surface area contributed by atoms with Crippen LogP contribution in [0.2, 0.25) is 0 Å². The Morgan fingerprint density at radius 2 is 1.86 bits per heavy atom. The van der Waals surface area contributed by atoms with Crippen LogP contribution in [0.1, 0.15) is 34.0 Å². The Hall–Kier alpha value is -2.38. The predicted molar refractivity (Wildman–Crippen MR) is 117 cm³/mol. The zero-order valence-electron chi connectivity index (χ0n) is 16.4. The quantitative estimate of drug-likeness (QED) is 0.384. The van der Waals surface area contributed by atoms with E-state index in [1.54, 1.807) is 0 Å². The molecule has 0 saturated heterocycles. The SMILES string of the molecule is CCOc1ccccc1Nc1nnc(SCC(=O)c2cc(C)c(C)cc2C)s1. The third kappa shape index (κ3) is 4.91. The highest BCUT2D eigenvalue weighted by atomic mass is 32.2. The molecule has 0 spiro atoms. The molecule has 0 fully saturated rings. The second-order valence-electron chi connectivity index (χ2n) is 6.39. The molecule has 1 N–H and O–H groups in total. The molecule has 0 bridgehead atoms. The van der Waals surface area contributed by atoms with Crippen LogP contribution in [0.3, 0.4) is 0 Å². The van der Waals surface area contributed by atoms with E-state index in [9.17, 15) is 4.79 Å². The van der Waals surface area contributed by atoms with Crippen LogP contribution in [0.15, 0.2) is 40.7 Å². The summed E-state index contributed by atoms with van der Waals surface area (Å²) >= 11 is 2.84. The average Bonchev–Trinajstić information content (AvgIpc) is 3.12. The Labute approximate surface area is 173 Å². The minimum atomic E-state index is 0.108. The number of nitrogens with zero attached hydrogens (tertiary/aromatic N) is 2. The number of ether oxygens (including phenoxy) is 1. The molecule has 2 aromatic carbocycles. The predicted octanol–water partition coefficient (Wildman–Crippen LogP) is 5.58. The number of Topliss-reactive ketones (excluding diaryl/α,β-unsaturated/α-hetero) is 1. The van der Waals surface area contributed by atoms with Crippen molar-refractivity contribution in [1.29, 1.82) is 0 Å². The lowest BCUT2D eigenvalue weighted by Gasteiger charge is -2.09. The number of nitrogens with one attached hydrogen (secondary N) is 1.